The van der Waals surface area contributed by atoms with Gasteiger partial charge in [-0.3, -0.25) is 14.6 Å². The predicted molar refractivity (Wildman–Crippen MR) is 123 cm³/mol. The molecule has 0 spiro atoms. The summed E-state index contributed by atoms with van der Waals surface area (Å²) < 4.78 is 50.3. The Labute approximate surface area is 204 Å². The van der Waals surface area contributed by atoms with E-state index in [1.807, 2.05) is 0 Å². The second-order valence-corrected chi connectivity index (χ2v) is 7.97. The van der Waals surface area contributed by atoms with Crippen molar-refractivity contribution in [3.8, 4) is 11.5 Å². The van der Waals surface area contributed by atoms with Crippen LogP contribution in [0.4, 0.5) is 13.2 Å². The zero-order valence-corrected chi connectivity index (χ0v) is 19.2. The lowest BCUT2D eigenvalue weighted by Gasteiger charge is -2.25. The number of halogens is 3. The molecule has 0 aliphatic carbocycles. The summed E-state index contributed by atoms with van der Waals surface area (Å²) >= 11 is 0. The van der Waals surface area contributed by atoms with Crippen molar-refractivity contribution >= 4 is 17.4 Å². The molecule has 1 fully saturated rings. The molecule has 1 aliphatic heterocycles. The van der Waals surface area contributed by atoms with E-state index < -0.39 is 35.2 Å². The third kappa shape index (κ3) is 4.61. The molecule has 2 aromatic carbocycles. The van der Waals surface area contributed by atoms with Gasteiger partial charge in [0.15, 0.2) is 0 Å². The Balaban J connectivity index is 1.87. The van der Waals surface area contributed by atoms with Crippen LogP contribution in [0.25, 0.3) is 5.76 Å². The number of alkyl halides is 3. The van der Waals surface area contributed by atoms with Crippen molar-refractivity contribution in [2.75, 3.05) is 14.2 Å². The third-order valence-electron chi connectivity index (χ3n) is 5.83. The fraction of sp³-hybridized carbons (Fsp3) is 0.192. The maximum absolute atomic E-state index is 13.2. The molecule has 1 aliphatic rings. The second-order valence-electron chi connectivity index (χ2n) is 7.97. The number of pyridine rings is 1. The smallest absolute Gasteiger partial charge is 0.416 e. The molecule has 1 atom stereocenters. The number of likely N-dealkylation sites (tertiary alicyclic amines) is 1. The molecule has 7 nitrogen and oxygen atoms in total. The molecule has 10 heteroatoms. The minimum Gasteiger partial charge on any atom is -0.507 e. The Bertz CT molecular complexity index is 1340. The van der Waals surface area contributed by atoms with Crippen molar-refractivity contribution in [1.29, 1.82) is 0 Å². The standard InChI is InChI=1S/C26H21F3N2O5/c1-35-18-6-7-20(36-2)19(13-18)23(32)21-22(16-8-10-30-11-9-16)31(25(34)24(21)33)14-15-4-3-5-17(12-15)26(27,28)29/h3-13,22,32H,14H2,1-2H3/b23-21+. The van der Waals surface area contributed by atoms with Crippen molar-refractivity contribution in [2.45, 2.75) is 18.8 Å². The first-order valence-electron chi connectivity index (χ1n) is 10.7. The Kier molecular flexibility index (Phi) is 6.69. The van der Waals surface area contributed by atoms with Gasteiger partial charge in [0.05, 0.1) is 37.0 Å². The van der Waals surface area contributed by atoms with E-state index in [0.717, 1.165) is 17.0 Å². The van der Waals surface area contributed by atoms with Gasteiger partial charge in [0.2, 0.25) is 0 Å². The van der Waals surface area contributed by atoms with Crippen LogP contribution >= 0.6 is 0 Å². The number of amides is 1. The van der Waals surface area contributed by atoms with Gasteiger partial charge >= 0.3 is 6.18 Å². The van der Waals surface area contributed by atoms with Crippen LogP contribution in [-0.2, 0) is 22.3 Å². The lowest BCUT2D eigenvalue weighted by Crippen LogP contribution is -2.29. The van der Waals surface area contributed by atoms with Gasteiger partial charge in [0.25, 0.3) is 11.7 Å². The summed E-state index contributed by atoms with van der Waals surface area (Å²) in [6.45, 7) is -0.298. The number of carbonyl (C=O) groups is 2. The maximum Gasteiger partial charge on any atom is 0.416 e. The molecule has 2 heterocycles. The zero-order valence-electron chi connectivity index (χ0n) is 19.2. The fourth-order valence-corrected chi connectivity index (χ4v) is 4.12. The first-order valence-corrected chi connectivity index (χ1v) is 10.7. The number of ether oxygens (including phenoxy) is 2. The van der Waals surface area contributed by atoms with Gasteiger partial charge in [-0.05, 0) is 53.6 Å². The molecule has 36 heavy (non-hydrogen) atoms. The van der Waals surface area contributed by atoms with Crippen LogP contribution in [0.15, 0.2) is 72.6 Å². The van der Waals surface area contributed by atoms with Gasteiger partial charge in [-0.2, -0.15) is 13.2 Å². The van der Waals surface area contributed by atoms with Crippen LogP contribution in [0.1, 0.15) is 28.3 Å². The summed E-state index contributed by atoms with van der Waals surface area (Å²) in [5.74, 6) is -1.84. The van der Waals surface area contributed by atoms with Crippen LogP contribution in [0.2, 0.25) is 0 Å². The summed E-state index contributed by atoms with van der Waals surface area (Å²) in [5.41, 5.74) is -0.375. The summed E-state index contributed by atoms with van der Waals surface area (Å²) in [7, 11) is 2.81. The third-order valence-corrected chi connectivity index (χ3v) is 5.83. The monoisotopic (exact) mass is 498 g/mol. The second kappa shape index (κ2) is 9.73. The van der Waals surface area contributed by atoms with Gasteiger partial charge in [-0.25, -0.2) is 0 Å². The van der Waals surface area contributed by atoms with Gasteiger partial charge in [-0.15, -0.1) is 0 Å². The largest absolute Gasteiger partial charge is 0.507 e. The molecule has 0 bridgehead atoms. The topological polar surface area (TPSA) is 89.0 Å². The van der Waals surface area contributed by atoms with E-state index in [0.29, 0.717) is 11.3 Å². The average Bonchev–Trinajstić information content (AvgIpc) is 3.13. The molecule has 1 aromatic heterocycles. The number of aromatic nitrogens is 1. The van der Waals surface area contributed by atoms with E-state index in [9.17, 15) is 27.9 Å². The Morgan fingerprint density at radius 2 is 1.75 bits per heavy atom. The fourth-order valence-electron chi connectivity index (χ4n) is 4.12. The highest BCUT2D eigenvalue weighted by Crippen LogP contribution is 2.42. The van der Waals surface area contributed by atoms with Crippen molar-refractivity contribution in [2.24, 2.45) is 0 Å². The molecular weight excluding hydrogens is 477 g/mol. The van der Waals surface area contributed by atoms with E-state index in [1.165, 1.54) is 50.9 Å². The van der Waals surface area contributed by atoms with Crippen molar-refractivity contribution < 1.29 is 37.3 Å². The number of benzene rings is 2. The zero-order chi connectivity index (χ0) is 26.0. The van der Waals surface area contributed by atoms with Crippen molar-refractivity contribution in [3.63, 3.8) is 0 Å². The predicted octanol–water partition coefficient (Wildman–Crippen LogP) is 4.74. The van der Waals surface area contributed by atoms with Gasteiger partial charge < -0.3 is 19.5 Å². The molecule has 1 saturated heterocycles. The van der Waals surface area contributed by atoms with Gasteiger partial charge in [0.1, 0.15) is 17.3 Å². The number of nitrogens with zero attached hydrogens (tertiary/aromatic N) is 2. The molecule has 0 saturated carbocycles. The van der Waals surface area contributed by atoms with Gasteiger partial charge in [0, 0.05) is 18.9 Å². The van der Waals surface area contributed by atoms with E-state index in [2.05, 4.69) is 4.98 Å². The van der Waals surface area contributed by atoms with Crippen LogP contribution in [0.5, 0.6) is 11.5 Å². The number of Topliss-reactive ketones (excluding diaryl/α,β-unsaturated/α-hetero) is 1. The molecule has 1 unspecified atom stereocenters. The SMILES string of the molecule is COc1ccc(OC)c(/C(O)=C2\C(=O)C(=O)N(Cc3cccc(C(F)(F)F)c3)C2c2ccncc2)c1. The maximum atomic E-state index is 13.2. The van der Waals surface area contributed by atoms with E-state index >= 15 is 0 Å². The van der Waals surface area contributed by atoms with Crippen LogP contribution in [0.3, 0.4) is 0 Å². The minimum absolute atomic E-state index is 0.118. The number of carbonyl (C=O) groups excluding carboxylic acids is 2. The molecular formula is C26H21F3N2O5. The normalized spacial score (nSPS) is 17.4. The Morgan fingerprint density at radius 1 is 1.03 bits per heavy atom. The quantitative estimate of drug-likeness (QED) is 0.300. The number of hydrogen-bond acceptors (Lipinski definition) is 6. The summed E-state index contributed by atoms with van der Waals surface area (Å²) in [5, 5.41) is 11.3. The molecule has 0 radical (unpaired) electrons. The van der Waals surface area contributed by atoms with Gasteiger partial charge in [-0.1, -0.05) is 12.1 Å². The Hall–Kier alpha value is -4.34. The number of rotatable bonds is 6. The molecule has 3 aromatic rings. The molecule has 4 rings (SSSR count). The Morgan fingerprint density at radius 3 is 2.39 bits per heavy atom. The van der Waals surface area contributed by atoms with E-state index in [-0.39, 0.29) is 29.0 Å². The summed E-state index contributed by atoms with van der Waals surface area (Å²) in [6, 6.07) is 11.1. The van der Waals surface area contributed by atoms with Crippen LogP contribution < -0.4 is 9.47 Å². The van der Waals surface area contributed by atoms with Crippen LogP contribution in [0, 0.1) is 0 Å². The lowest BCUT2D eigenvalue weighted by atomic mass is 9.95. The summed E-state index contributed by atoms with van der Waals surface area (Å²) in [6.07, 6.45) is -1.67. The number of methoxy groups -OCH3 is 2. The number of ketones is 1. The van der Waals surface area contributed by atoms with E-state index in [4.69, 9.17) is 9.47 Å². The minimum atomic E-state index is -4.57. The molecule has 1 N–H and O–H groups in total. The highest BCUT2D eigenvalue weighted by molar-refractivity contribution is 6.46. The molecule has 186 valence electrons. The number of aliphatic hydroxyl groups is 1. The van der Waals surface area contributed by atoms with Crippen molar-refractivity contribution in [1.82, 2.24) is 9.88 Å². The average molecular weight is 498 g/mol. The first kappa shape index (κ1) is 24.8. The summed E-state index contributed by atoms with van der Waals surface area (Å²) in [4.78, 5) is 31.4. The van der Waals surface area contributed by atoms with Crippen LogP contribution in [-0.4, -0.2) is 40.9 Å². The number of hydrogen-bond donors (Lipinski definition) is 1. The van der Waals surface area contributed by atoms with Crippen molar-refractivity contribution in [3.05, 3.63) is 94.8 Å². The van der Waals surface area contributed by atoms with E-state index in [1.54, 1.807) is 18.2 Å². The first-order chi connectivity index (χ1) is 17.2. The molecule has 1 amide bonds. The highest BCUT2D eigenvalue weighted by atomic mass is 19.4. The number of aliphatic hydroxyl groups excluding tert-OH is 1. The highest BCUT2D eigenvalue weighted by Gasteiger charge is 2.46. The lowest BCUT2D eigenvalue weighted by molar-refractivity contribution is -0.140.